The first-order chi connectivity index (χ1) is 12.2. The number of fused-ring (bicyclic) bond motifs is 1. The summed E-state index contributed by atoms with van der Waals surface area (Å²) in [5.74, 6) is 0.601. The predicted molar refractivity (Wildman–Crippen MR) is 101 cm³/mol. The lowest BCUT2D eigenvalue weighted by atomic mass is 9.97. The van der Waals surface area contributed by atoms with E-state index in [-0.39, 0.29) is 5.56 Å². The molecule has 3 aromatic rings. The number of aromatic nitrogens is 3. The van der Waals surface area contributed by atoms with Crippen LogP contribution in [0.3, 0.4) is 0 Å². The first-order valence-electron chi connectivity index (χ1n) is 8.59. The van der Waals surface area contributed by atoms with Crippen molar-refractivity contribution in [3.63, 3.8) is 0 Å². The Morgan fingerprint density at radius 2 is 2.04 bits per heavy atom. The fourth-order valence-corrected chi connectivity index (χ4v) is 4.21. The molecule has 0 atom stereocenters. The van der Waals surface area contributed by atoms with E-state index in [1.54, 1.807) is 23.6 Å². The van der Waals surface area contributed by atoms with Crippen LogP contribution in [0.1, 0.15) is 17.8 Å². The molecule has 1 fully saturated rings. The SMILES string of the molecule is NCC1CCN(c2cnn(Cc3nc4ccccc4s3)c(=O)c2)CC1. The largest absolute Gasteiger partial charge is 0.370 e. The molecule has 4 rings (SSSR count). The maximum absolute atomic E-state index is 12.5. The predicted octanol–water partition coefficient (Wildman–Crippen LogP) is 2.08. The van der Waals surface area contributed by atoms with Crippen molar-refractivity contribution in [3.05, 3.63) is 51.9 Å². The molecule has 0 amide bonds. The third kappa shape index (κ3) is 3.43. The summed E-state index contributed by atoms with van der Waals surface area (Å²) >= 11 is 1.60. The zero-order valence-corrected chi connectivity index (χ0v) is 14.8. The van der Waals surface area contributed by atoms with Crippen molar-refractivity contribution >= 4 is 27.2 Å². The van der Waals surface area contributed by atoms with Gasteiger partial charge in [-0.15, -0.1) is 11.3 Å². The number of rotatable bonds is 4. The Morgan fingerprint density at radius 3 is 2.76 bits per heavy atom. The van der Waals surface area contributed by atoms with Gasteiger partial charge < -0.3 is 10.6 Å². The number of hydrogen-bond donors (Lipinski definition) is 1. The number of para-hydroxylation sites is 1. The van der Waals surface area contributed by atoms with Crippen LogP contribution in [0, 0.1) is 5.92 Å². The van der Waals surface area contributed by atoms with Crippen LogP contribution in [0.25, 0.3) is 10.2 Å². The normalized spacial score (nSPS) is 15.8. The molecule has 1 saturated heterocycles. The lowest BCUT2D eigenvalue weighted by Gasteiger charge is -2.32. The Balaban J connectivity index is 1.51. The highest BCUT2D eigenvalue weighted by Gasteiger charge is 2.19. The quantitative estimate of drug-likeness (QED) is 0.775. The second kappa shape index (κ2) is 6.93. The van der Waals surface area contributed by atoms with Crippen LogP contribution in [0.4, 0.5) is 5.69 Å². The van der Waals surface area contributed by atoms with Gasteiger partial charge in [-0.25, -0.2) is 9.67 Å². The molecule has 1 aliphatic heterocycles. The van der Waals surface area contributed by atoms with Crippen LogP contribution >= 0.6 is 11.3 Å². The van der Waals surface area contributed by atoms with Gasteiger partial charge in [0.05, 0.1) is 28.6 Å². The lowest BCUT2D eigenvalue weighted by molar-refractivity contribution is 0.414. The van der Waals surface area contributed by atoms with Crippen LogP contribution in [0.2, 0.25) is 0 Å². The number of piperidine rings is 1. The number of anilines is 1. The minimum absolute atomic E-state index is 0.0855. The Labute approximate surface area is 149 Å². The van der Waals surface area contributed by atoms with Crippen molar-refractivity contribution in [2.45, 2.75) is 19.4 Å². The number of thiazole rings is 1. The van der Waals surface area contributed by atoms with Gasteiger partial charge in [-0.05, 0) is 37.4 Å². The average Bonchev–Trinajstić information content (AvgIpc) is 3.06. The van der Waals surface area contributed by atoms with Gasteiger partial charge >= 0.3 is 0 Å². The van der Waals surface area contributed by atoms with Gasteiger partial charge in [0, 0.05) is 19.2 Å². The molecule has 0 saturated carbocycles. The first kappa shape index (κ1) is 16.2. The molecular weight excluding hydrogens is 334 g/mol. The minimum atomic E-state index is -0.0855. The second-order valence-corrected chi connectivity index (χ2v) is 7.57. The molecule has 0 radical (unpaired) electrons. The van der Waals surface area contributed by atoms with Crippen molar-refractivity contribution in [3.8, 4) is 0 Å². The third-order valence-electron chi connectivity index (χ3n) is 4.79. The molecule has 0 spiro atoms. The van der Waals surface area contributed by atoms with E-state index in [2.05, 4.69) is 15.0 Å². The van der Waals surface area contributed by atoms with Crippen molar-refractivity contribution < 1.29 is 0 Å². The fourth-order valence-electron chi connectivity index (χ4n) is 3.26. The van der Waals surface area contributed by atoms with Crippen molar-refractivity contribution in [1.82, 2.24) is 14.8 Å². The molecule has 6 nitrogen and oxygen atoms in total. The van der Waals surface area contributed by atoms with E-state index < -0.39 is 0 Å². The molecule has 25 heavy (non-hydrogen) atoms. The molecule has 7 heteroatoms. The number of hydrogen-bond acceptors (Lipinski definition) is 6. The molecule has 3 heterocycles. The zero-order valence-electron chi connectivity index (χ0n) is 14.0. The summed E-state index contributed by atoms with van der Waals surface area (Å²) in [6, 6.07) is 9.68. The number of nitrogens with zero attached hydrogens (tertiary/aromatic N) is 4. The van der Waals surface area contributed by atoms with Crippen LogP contribution in [0.5, 0.6) is 0 Å². The molecule has 2 aromatic heterocycles. The highest BCUT2D eigenvalue weighted by Crippen LogP contribution is 2.23. The Bertz CT molecular complexity index is 893. The minimum Gasteiger partial charge on any atom is -0.370 e. The monoisotopic (exact) mass is 355 g/mol. The highest BCUT2D eigenvalue weighted by molar-refractivity contribution is 7.18. The molecule has 0 unspecified atom stereocenters. The maximum Gasteiger partial charge on any atom is 0.269 e. The number of benzene rings is 1. The van der Waals surface area contributed by atoms with Crippen LogP contribution in [-0.2, 0) is 6.54 Å². The van der Waals surface area contributed by atoms with Crippen LogP contribution in [-0.4, -0.2) is 34.4 Å². The molecule has 130 valence electrons. The highest BCUT2D eigenvalue weighted by atomic mass is 32.1. The van der Waals surface area contributed by atoms with E-state index in [9.17, 15) is 4.79 Å². The summed E-state index contributed by atoms with van der Waals surface area (Å²) in [6.45, 7) is 3.03. The maximum atomic E-state index is 12.5. The van der Waals surface area contributed by atoms with Crippen molar-refractivity contribution in [1.29, 1.82) is 0 Å². The van der Waals surface area contributed by atoms with Gasteiger partial charge in [-0.1, -0.05) is 12.1 Å². The average molecular weight is 355 g/mol. The van der Waals surface area contributed by atoms with Gasteiger partial charge in [0.15, 0.2) is 0 Å². The Morgan fingerprint density at radius 1 is 1.24 bits per heavy atom. The van der Waals surface area contributed by atoms with Crippen LogP contribution < -0.4 is 16.2 Å². The van der Waals surface area contributed by atoms with E-state index in [0.29, 0.717) is 12.5 Å². The second-order valence-electron chi connectivity index (χ2n) is 6.45. The fraction of sp³-hybridized carbons (Fsp3) is 0.389. The van der Waals surface area contributed by atoms with E-state index >= 15 is 0 Å². The summed E-state index contributed by atoms with van der Waals surface area (Å²) in [5, 5.41) is 5.26. The van der Waals surface area contributed by atoms with Crippen LogP contribution in [0.15, 0.2) is 41.3 Å². The molecule has 1 aliphatic rings. The van der Waals surface area contributed by atoms with Gasteiger partial charge in [0.25, 0.3) is 5.56 Å². The molecule has 0 aliphatic carbocycles. The smallest absolute Gasteiger partial charge is 0.269 e. The molecule has 2 N–H and O–H groups in total. The summed E-state index contributed by atoms with van der Waals surface area (Å²) < 4.78 is 2.61. The topological polar surface area (TPSA) is 77.0 Å². The van der Waals surface area contributed by atoms with Gasteiger partial charge in [-0.2, -0.15) is 5.10 Å². The van der Waals surface area contributed by atoms with Crippen molar-refractivity contribution in [2.75, 3.05) is 24.5 Å². The van der Waals surface area contributed by atoms with Gasteiger partial charge in [0.1, 0.15) is 5.01 Å². The lowest BCUT2D eigenvalue weighted by Crippen LogP contribution is -2.37. The van der Waals surface area contributed by atoms with E-state index in [0.717, 1.165) is 53.4 Å². The summed E-state index contributed by atoms with van der Waals surface area (Å²) in [5.41, 5.74) is 7.53. The van der Waals surface area contributed by atoms with Gasteiger partial charge in [0.2, 0.25) is 0 Å². The summed E-state index contributed by atoms with van der Waals surface area (Å²) in [4.78, 5) is 19.3. The van der Waals surface area contributed by atoms with E-state index in [1.165, 1.54) is 4.68 Å². The molecule has 1 aromatic carbocycles. The summed E-state index contributed by atoms with van der Waals surface area (Å²) in [6.07, 6.45) is 3.94. The summed E-state index contributed by atoms with van der Waals surface area (Å²) in [7, 11) is 0. The Kier molecular flexibility index (Phi) is 4.50. The van der Waals surface area contributed by atoms with Gasteiger partial charge in [-0.3, -0.25) is 4.79 Å². The van der Waals surface area contributed by atoms with E-state index in [4.69, 9.17) is 5.73 Å². The zero-order chi connectivity index (χ0) is 17.2. The Hall–Kier alpha value is -2.25. The third-order valence-corrected chi connectivity index (χ3v) is 5.81. The first-order valence-corrected chi connectivity index (χ1v) is 9.41. The van der Waals surface area contributed by atoms with Crippen molar-refractivity contribution in [2.24, 2.45) is 11.7 Å². The standard InChI is InChI=1S/C18H21N5OS/c19-10-13-5-7-22(8-6-13)14-9-18(24)23(20-11-14)12-17-21-15-3-1-2-4-16(15)25-17/h1-4,9,11,13H,5-8,10,12,19H2. The number of nitrogens with two attached hydrogens (primary N) is 1. The molecular formula is C18H21N5OS. The van der Waals surface area contributed by atoms with E-state index in [1.807, 2.05) is 24.3 Å². The molecule has 0 bridgehead atoms.